The third kappa shape index (κ3) is 2.90. The first-order valence-electron chi connectivity index (χ1n) is 7.19. The van der Waals surface area contributed by atoms with E-state index in [0.717, 1.165) is 27.5 Å². The van der Waals surface area contributed by atoms with Gasteiger partial charge in [0, 0.05) is 10.6 Å². The molecule has 0 aliphatic rings. The first kappa shape index (κ1) is 15.4. The highest BCUT2D eigenvalue weighted by molar-refractivity contribution is 7.18. The molecule has 2 aromatic heterocycles. The SMILES string of the molecule is COC(=O)c1ccc(Nc2nc(C)nc3sc(C)c(C)c23)cc1. The molecule has 3 rings (SSSR count). The number of aromatic nitrogens is 2. The summed E-state index contributed by atoms with van der Waals surface area (Å²) in [5.41, 5.74) is 2.57. The van der Waals surface area contributed by atoms with Crippen molar-refractivity contribution in [3.63, 3.8) is 0 Å². The molecule has 0 radical (unpaired) electrons. The van der Waals surface area contributed by atoms with E-state index in [4.69, 9.17) is 4.74 Å². The van der Waals surface area contributed by atoms with Crippen molar-refractivity contribution in [2.24, 2.45) is 0 Å². The fourth-order valence-electron chi connectivity index (χ4n) is 2.39. The third-order valence-electron chi connectivity index (χ3n) is 3.71. The van der Waals surface area contributed by atoms with E-state index in [1.165, 1.54) is 17.6 Å². The lowest BCUT2D eigenvalue weighted by atomic mass is 10.2. The van der Waals surface area contributed by atoms with Crippen molar-refractivity contribution in [2.45, 2.75) is 20.8 Å². The van der Waals surface area contributed by atoms with Gasteiger partial charge >= 0.3 is 5.97 Å². The zero-order valence-corrected chi connectivity index (χ0v) is 14.2. The minimum Gasteiger partial charge on any atom is -0.465 e. The second-order valence-electron chi connectivity index (χ2n) is 5.28. The van der Waals surface area contributed by atoms with Crippen molar-refractivity contribution in [2.75, 3.05) is 12.4 Å². The maximum absolute atomic E-state index is 11.5. The zero-order chi connectivity index (χ0) is 16.6. The Morgan fingerprint density at radius 3 is 2.48 bits per heavy atom. The van der Waals surface area contributed by atoms with Gasteiger partial charge in [0.1, 0.15) is 16.5 Å². The molecule has 0 spiro atoms. The summed E-state index contributed by atoms with van der Waals surface area (Å²) < 4.78 is 4.71. The summed E-state index contributed by atoms with van der Waals surface area (Å²) in [6, 6.07) is 7.13. The number of carbonyl (C=O) groups excluding carboxylic acids is 1. The normalized spacial score (nSPS) is 10.8. The van der Waals surface area contributed by atoms with E-state index in [-0.39, 0.29) is 5.97 Å². The molecule has 0 saturated heterocycles. The molecule has 118 valence electrons. The van der Waals surface area contributed by atoms with Crippen LogP contribution in [0.25, 0.3) is 10.2 Å². The summed E-state index contributed by atoms with van der Waals surface area (Å²) in [6.45, 7) is 6.06. The number of anilines is 2. The molecule has 0 unspecified atom stereocenters. The third-order valence-corrected chi connectivity index (χ3v) is 4.81. The highest BCUT2D eigenvalue weighted by Gasteiger charge is 2.14. The van der Waals surface area contributed by atoms with Crippen LogP contribution in [0.4, 0.5) is 11.5 Å². The van der Waals surface area contributed by atoms with E-state index in [2.05, 4.69) is 29.1 Å². The minimum absolute atomic E-state index is 0.346. The van der Waals surface area contributed by atoms with Crippen LogP contribution in [0.1, 0.15) is 26.6 Å². The van der Waals surface area contributed by atoms with Crippen LogP contribution >= 0.6 is 11.3 Å². The van der Waals surface area contributed by atoms with Crippen molar-refractivity contribution >= 4 is 39.0 Å². The quantitative estimate of drug-likeness (QED) is 0.732. The number of ether oxygens (including phenoxy) is 1. The number of methoxy groups -OCH3 is 1. The van der Waals surface area contributed by atoms with E-state index in [1.54, 1.807) is 23.5 Å². The van der Waals surface area contributed by atoms with Crippen LogP contribution in [0.3, 0.4) is 0 Å². The average molecular weight is 327 g/mol. The molecule has 1 aromatic carbocycles. The van der Waals surface area contributed by atoms with Gasteiger partial charge in [-0.05, 0) is 50.6 Å². The van der Waals surface area contributed by atoms with Crippen molar-refractivity contribution in [1.29, 1.82) is 0 Å². The number of esters is 1. The summed E-state index contributed by atoms with van der Waals surface area (Å²) in [6.07, 6.45) is 0. The molecular weight excluding hydrogens is 310 g/mol. The van der Waals surface area contributed by atoms with Gasteiger partial charge < -0.3 is 10.1 Å². The standard InChI is InChI=1S/C17H17N3O2S/c1-9-10(2)23-16-14(9)15(18-11(3)19-16)20-13-7-5-12(6-8-13)17(21)22-4/h5-8H,1-4H3,(H,18,19,20). The van der Waals surface area contributed by atoms with Gasteiger partial charge in [-0.25, -0.2) is 14.8 Å². The van der Waals surface area contributed by atoms with E-state index in [1.807, 2.05) is 19.1 Å². The van der Waals surface area contributed by atoms with Crippen molar-refractivity contribution < 1.29 is 9.53 Å². The van der Waals surface area contributed by atoms with E-state index >= 15 is 0 Å². The number of fused-ring (bicyclic) bond motifs is 1. The Morgan fingerprint density at radius 2 is 1.83 bits per heavy atom. The molecule has 1 N–H and O–H groups in total. The largest absolute Gasteiger partial charge is 0.465 e. The fraction of sp³-hybridized carbons (Fsp3) is 0.235. The lowest BCUT2D eigenvalue weighted by Gasteiger charge is -2.09. The van der Waals surface area contributed by atoms with Crippen LogP contribution < -0.4 is 5.32 Å². The number of rotatable bonds is 3. The first-order chi connectivity index (χ1) is 11.0. The molecule has 0 fully saturated rings. The Kier molecular flexibility index (Phi) is 4.00. The number of benzene rings is 1. The van der Waals surface area contributed by atoms with Gasteiger partial charge in [0.25, 0.3) is 0 Å². The van der Waals surface area contributed by atoms with Crippen molar-refractivity contribution in [3.8, 4) is 0 Å². The summed E-state index contributed by atoms with van der Waals surface area (Å²) >= 11 is 1.67. The molecule has 0 saturated carbocycles. The van der Waals surface area contributed by atoms with Gasteiger partial charge in [0.2, 0.25) is 0 Å². The highest BCUT2D eigenvalue weighted by Crippen LogP contribution is 2.34. The predicted octanol–water partition coefficient (Wildman–Crippen LogP) is 4.15. The Labute approximate surface area is 138 Å². The van der Waals surface area contributed by atoms with Gasteiger partial charge in [-0.1, -0.05) is 0 Å². The number of carbonyl (C=O) groups is 1. The van der Waals surface area contributed by atoms with Crippen molar-refractivity contribution in [1.82, 2.24) is 9.97 Å². The van der Waals surface area contributed by atoms with E-state index < -0.39 is 0 Å². The first-order valence-corrected chi connectivity index (χ1v) is 8.01. The number of aryl methyl sites for hydroxylation is 3. The van der Waals surface area contributed by atoms with Gasteiger partial charge in [0.05, 0.1) is 18.1 Å². The second-order valence-corrected chi connectivity index (χ2v) is 6.48. The Morgan fingerprint density at radius 1 is 1.13 bits per heavy atom. The number of hydrogen-bond donors (Lipinski definition) is 1. The molecule has 6 heteroatoms. The summed E-state index contributed by atoms with van der Waals surface area (Å²) in [4.78, 5) is 22.8. The van der Waals surface area contributed by atoms with Crippen LogP contribution in [0.15, 0.2) is 24.3 Å². The van der Waals surface area contributed by atoms with Crippen LogP contribution in [-0.4, -0.2) is 23.0 Å². The number of thiophene rings is 1. The molecule has 3 aromatic rings. The van der Waals surface area contributed by atoms with E-state index in [9.17, 15) is 4.79 Å². The van der Waals surface area contributed by atoms with E-state index in [0.29, 0.717) is 5.56 Å². The Balaban J connectivity index is 1.99. The topological polar surface area (TPSA) is 64.1 Å². The monoisotopic (exact) mass is 327 g/mol. The van der Waals surface area contributed by atoms with Crippen LogP contribution in [0.5, 0.6) is 0 Å². The minimum atomic E-state index is -0.346. The summed E-state index contributed by atoms with van der Waals surface area (Å²) in [7, 11) is 1.37. The molecule has 23 heavy (non-hydrogen) atoms. The lowest BCUT2D eigenvalue weighted by molar-refractivity contribution is 0.0601. The van der Waals surface area contributed by atoms with Gasteiger partial charge in [-0.2, -0.15) is 0 Å². The molecule has 0 bridgehead atoms. The van der Waals surface area contributed by atoms with Crippen LogP contribution in [0.2, 0.25) is 0 Å². The lowest BCUT2D eigenvalue weighted by Crippen LogP contribution is -2.02. The Hall–Kier alpha value is -2.47. The molecular formula is C17H17N3O2S. The predicted molar refractivity (Wildman–Crippen MR) is 92.7 cm³/mol. The zero-order valence-electron chi connectivity index (χ0n) is 13.4. The molecule has 5 nitrogen and oxygen atoms in total. The maximum atomic E-state index is 11.5. The fourth-order valence-corrected chi connectivity index (χ4v) is 3.47. The molecule has 0 aliphatic heterocycles. The number of nitrogens with zero attached hydrogens (tertiary/aromatic N) is 2. The van der Waals surface area contributed by atoms with Crippen LogP contribution in [0, 0.1) is 20.8 Å². The van der Waals surface area contributed by atoms with Gasteiger partial charge in [-0.15, -0.1) is 11.3 Å². The smallest absolute Gasteiger partial charge is 0.337 e. The highest BCUT2D eigenvalue weighted by atomic mass is 32.1. The Bertz CT molecular complexity index is 885. The number of hydrogen-bond acceptors (Lipinski definition) is 6. The van der Waals surface area contributed by atoms with Crippen molar-refractivity contribution in [3.05, 3.63) is 46.1 Å². The summed E-state index contributed by atoms with van der Waals surface area (Å²) in [5.74, 6) is 1.17. The summed E-state index contributed by atoms with van der Waals surface area (Å²) in [5, 5.41) is 4.38. The van der Waals surface area contributed by atoms with Gasteiger partial charge in [0.15, 0.2) is 0 Å². The molecule has 0 atom stereocenters. The number of nitrogens with one attached hydrogen (secondary N) is 1. The molecule has 0 aliphatic carbocycles. The van der Waals surface area contributed by atoms with Crippen LogP contribution in [-0.2, 0) is 4.74 Å². The average Bonchev–Trinajstić information content (AvgIpc) is 2.81. The second kappa shape index (κ2) is 5.96. The molecule has 0 amide bonds. The molecule has 2 heterocycles. The maximum Gasteiger partial charge on any atom is 0.337 e. The van der Waals surface area contributed by atoms with Gasteiger partial charge in [-0.3, -0.25) is 0 Å².